The Balaban J connectivity index is 1.38. The lowest BCUT2D eigenvalue weighted by Crippen LogP contribution is -2.44. The molecule has 6 nitrogen and oxygen atoms in total. The Labute approximate surface area is 200 Å². The van der Waals surface area contributed by atoms with Crippen molar-refractivity contribution in [3.63, 3.8) is 0 Å². The van der Waals surface area contributed by atoms with Gasteiger partial charge in [0, 0.05) is 33.0 Å². The number of β-amino-alcohol motifs (C(OH)–C–C–N with tert-alkyl or cyclic N) is 1. The average Bonchev–Trinajstić information content (AvgIpc) is 2.89. The second-order valence-electron chi connectivity index (χ2n) is 8.25. The number of piperidine rings is 1. The number of nitrogens with zero attached hydrogens (tertiary/aromatic N) is 2. The van der Waals surface area contributed by atoms with Crippen LogP contribution in [0.4, 0.5) is 11.5 Å². The molecule has 7 heteroatoms. The molecule has 0 aliphatic carbocycles. The Bertz CT molecular complexity index is 1390. The summed E-state index contributed by atoms with van der Waals surface area (Å²) in [5, 5.41) is 18.0. The number of hydrogen-bond acceptors (Lipinski definition) is 6. The highest BCUT2D eigenvalue weighted by atomic mass is 32.2. The Morgan fingerprint density at radius 3 is 2.56 bits per heavy atom. The molecule has 2 atom stereocenters. The molecule has 1 aliphatic heterocycles. The molecule has 5 rings (SSSR count). The van der Waals surface area contributed by atoms with Crippen LogP contribution in [0.15, 0.2) is 88.9 Å². The number of hydrogen-bond donors (Lipinski definition) is 3. The largest absolute Gasteiger partial charge is 0.376 e. The molecule has 0 radical (unpaired) electrons. The molecular weight excluding hydrogens is 444 g/mol. The van der Waals surface area contributed by atoms with Gasteiger partial charge in [-0.1, -0.05) is 30.0 Å². The minimum Gasteiger partial charge on any atom is -0.376 e. The monoisotopic (exact) mass is 468 g/mol. The van der Waals surface area contributed by atoms with Crippen molar-refractivity contribution in [3.8, 4) is 11.8 Å². The molecular formula is C27H24N4O2S. The van der Waals surface area contributed by atoms with E-state index in [1.54, 1.807) is 0 Å². The first-order chi connectivity index (χ1) is 16.6. The van der Waals surface area contributed by atoms with E-state index < -0.39 is 16.4 Å². The predicted octanol–water partition coefficient (Wildman–Crippen LogP) is 4.01. The van der Waals surface area contributed by atoms with Crippen molar-refractivity contribution in [2.45, 2.75) is 28.2 Å². The quantitative estimate of drug-likeness (QED) is 0.393. The molecule has 2 heterocycles. The maximum absolute atomic E-state index is 12.8. The zero-order chi connectivity index (χ0) is 23.4. The maximum atomic E-state index is 12.8. The van der Waals surface area contributed by atoms with E-state index in [-0.39, 0.29) is 0 Å². The highest BCUT2D eigenvalue weighted by Gasteiger charge is 2.26. The summed E-state index contributed by atoms with van der Waals surface area (Å²) in [5.74, 6) is 6.80. The van der Waals surface area contributed by atoms with Gasteiger partial charge >= 0.3 is 0 Å². The molecule has 3 aromatic carbocycles. The van der Waals surface area contributed by atoms with Crippen LogP contribution in [0, 0.1) is 11.8 Å². The molecule has 4 aromatic rings. The van der Waals surface area contributed by atoms with Crippen LogP contribution in [0.3, 0.4) is 0 Å². The van der Waals surface area contributed by atoms with E-state index in [4.69, 9.17) is 0 Å². The maximum Gasteiger partial charge on any atom is 0.141 e. The normalized spacial score (nSPS) is 18.6. The van der Waals surface area contributed by atoms with Crippen molar-refractivity contribution in [2.75, 3.05) is 18.4 Å². The van der Waals surface area contributed by atoms with Crippen LogP contribution in [0.25, 0.3) is 10.9 Å². The SMILES string of the molecule is O=S(c1ccccc1)c1ccc(Nc2ncnc3ccc(C#CC4(O)CCCNC4)cc23)cc1. The molecule has 1 aliphatic rings. The van der Waals surface area contributed by atoms with Gasteiger partial charge in [-0.2, -0.15) is 0 Å². The van der Waals surface area contributed by atoms with Gasteiger partial charge in [-0.15, -0.1) is 0 Å². The zero-order valence-corrected chi connectivity index (χ0v) is 19.3. The fourth-order valence-electron chi connectivity index (χ4n) is 3.90. The third-order valence-electron chi connectivity index (χ3n) is 5.72. The van der Waals surface area contributed by atoms with Gasteiger partial charge in [0.25, 0.3) is 0 Å². The Morgan fingerprint density at radius 1 is 1.00 bits per heavy atom. The summed E-state index contributed by atoms with van der Waals surface area (Å²) < 4.78 is 12.8. The molecule has 3 N–H and O–H groups in total. The fourth-order valence-corrected chi connectivity index (χ4v) is 4.96. The van der Waals surface area contributed by atoms with Gasteiger partial charge in [-0.05, 0) is 74.0 Å². The van der Waals surface area contributed by atoms with Crippen LogP contribution in [0.2, 0.25) is 0 Å². The molecule has 1 fully saturated rings. The first-order valence-corrected chi connectivity index (χ1v) is 12.3. The highest BCUT2D eigenvalue weighted by molar-refractivity contribution is 7.85. The minimum absolute atomic E-state index is 0.481. The van der Waals surface area contributed by atoms with Crippen molar-refractivity contribution >= 4 is 33.2 Å². The zero-order valence-electron chi connectivity index (χ0n) is 18.5. The van der Waals surface area contributed by atoms with Crippen LogP contribution >= 0.6 is 0 Å². The van der Waals surface area contributed by atoms with Gasteiger partial charge in [0.05, 0.1) is 16.3 Å². The summed E-state index contributed by atoms with van der Waals surface area (Å²) >= 11 is 0. The molecule has 2 unspecified atom stereocenters. The smallest absolute Gasteiger partial charge is 0.141 e. The first-order valence-electron chi connectivity index (χ1n) is 11.1. The number of fused-ring (bicyclic) bond motifs is 1. The summed E-state index contributed by atoms with van der Waals surface area (Å²) in [4.78, 5) is 10.3. The Morgan fingerprint density at radius 2 is 1.79 bits per heavy atom. The Kier molecular flexibility index (Phi) is 6.37. The van der Waals surface area contributed by atoms with Gasteiger partial charge in [0.1, 0.15) is 17.7 Å². The van der Waals surface area contributed by atoms with E-state index in [2.05, 4.69) is 32.4 Å². The first kappa shape index (κ1) is 22.2. The van der Waals surface area contributed by atoms with Gasteiger partial charge < -0.3 is 15.7 Å². The third kappa shape index (κ3) is 5.00. The summed E-state index contributed by atoms with van der Waals surface area (Å²) in [6, 6.07) is 22.6. The summed E-state index contributed by atoms with van der Waals surface area (Å²) in [6.07, 6.45) is 3.09. The molecule has 170 valence electrons. The predicted molar refractivity (Wildman–Crippen MR) is 134 cm³/mol. The van der Waals surface area contributed by atoms with E-state index in [1.807, 2.05) is 72.8 Å². The van der Waals surface area contributed by atoms with Crippen LogP contribution in [0.1, 0.15) is 18.4 Å². The van der Waals surface area contributed by atoms with Crippen molar-refractivity contribution in [1.82, 2.24) is 15.3 Å². The second kappa shape index (κ2) is 9.74. The van der Waals surface area contributed by atoms with E-state index in [1.165, 1.54) is 6.33 Å². The molecule has 0 amide bonds. The van der Waals surface area contributed by atoms with E-state index >= 15 is 0 Å². The number of rotatable bonds is 4. The molecule has 1 saturated heterocycles. The number of nitrogens with one attached hydrogen (secondary N) is 2. The lowest BCUT2D eigenvalue weighted by atomic mass is 9.94. The molecule has 0 saturated carbocycles. The summed E-state index contributed by atoms with van der Waals surface area (Å²) in [5.41, 5.74) is 1.41. The van der Waals surface area contributed by atoms with Gasteiger partial charge in [0.15, 0.2) is 0 Å². The number of anilines is 2. The third-order valence-corrected chi connectivity index (χ3v) is 7.13. The van der Waals surface area contributed by atoms with Crippen molar-refractivity contribution < 1.29 is 9.32 Å². The van der Waals surface area contributed by atoms with Crippen LogP contribution < -0.4 is 10.6 Å². The minimum atomic E-state index is -1.23. The van der Waals surface area contributed by atoms with Gasteiger partial charge in [0.2, 0.25) is 0 Å². The lowest BCUT2D eigenvalue weighted by Gasteiger charge is -2.27. The highest BCUT2D eigenvalue weighted by Crippen LogP contribution is 2.25. The Hall–Kier alpha value is -3.57. The fraction of sp³-hybridized carbons (Fsp3) is 0.185. The van der Waals surface area contributed by atoms with Crippen molar-refractivity contribution in [3.05, 3.63) is 84.7 Å². The molecule has 34 heavy (non-hydrogen) atoms. The molecule has 1 aromatic heterocycles. The van der Waals surface area contributed by atoms with Crippen molar-refractivity contribution in [2.24, 2.45) is 0 Å². The summed E-state index contributed by atoms with van der Waals surface area (Å²) in [6.45, 7) is 1.39. The van der Waals surface area contributed by atoms with Crippen LogP contribution in [-0.2, 0) is 10.8 Å². The lowest BCUT2D eigenvalue weighted by molar-refractivity contribution is 0.0736. The van der Waals surface area contributed by atoms with Crippen molar-refractivity contribution in [1.29, 1.82) is 0 Å². The van der Waals surface area contributed by atoms with Crippen LogP contribution in [0.5, 0.6) is 0 Å². The average molecular weight is 469 g/mol. The van der Waals surface area contributed by atoms with Gasteiger partial charge in [-0.25, -0.2) is 14.2 Å². The summed E-state index contributed by atoms with van der Waals surface area (Å²) in [7, 11) is -1.23. The van der Waals surface area contributed by atoms with Crippen LogP contribution in [-0.4, -0.2) is 38.0 Å². The molecule has 0 bridgehead atoms. The number of aromatic nitrogens is 2. The second-order valence-corrected chi connectivity index (χ2v) is 9.73. The molecule has 0 spiro atoms. The standard InChI is InChI=1S/C27H24N4O2S/c32-27(14-4-16-28-18-27)15-13-20-7-12-25-24(17-20)26(30-19-29-25)31-21-8-10-23(11-9-21)34(33)22-5-2-1-3-6-22/h1-3,5-12,17,19,28,32H,4,14,16,18H2,(H,29,30,31). The van der Waals surface area contributed by atoms with Gasteiger partial charge in [-0.3, -0.25) is 0 Å². The topological polar surface area (TPSA) is 87.1 Å². The van der Waals surface area contributed by atoms with E-state index in [0.29, 0.717) is 18.8 Å². The van der Waals surface area contributed by atoms with E-state index in [0.717, 1.165) is 44.9 Å². The number of benzene rings is 3. The number of aliphatic hydroxyl groups is 1. The van der Waals surface area contributed by atoms with E-state index in [9.17, 15) is 9.32 Å².